The summed E-state index contributed by atoms with van der Waals surface area (Å²) in [6, 6.07) is 12.6. The van der Waals surface area contributed by atoms with Gasteiger partial charge in [0.1, 0.15) is 5.75 Å². The molecule has 148 valence electrons. The summed E-state index contributed by atoms with van der Waals surface area (Å²) in [6.45, 7) is -2.27. The summed E-state index contributed by atoms with van der Waals surface area (Å²) in [5, 5.41) is 5.28. The Morgan fingerprint density at radius 1 is 1.11 bits per heavy atom. The highest BCUT2D eigenvalue weighted by molar-refractivity contribution is 6.07. The van der Waals surface area contributed by atoms with Crippen LogP contribution in [-0.4, -0.2) is 38.7 Å². The van der Waals surface area contributed by atoms with Crippen molar-refractivity contribution in [1.82, 2.24) is 5.32 Å². The summed E-state index contributed by atoms with van der Waals surface area (Å²) in [4.78, 5) is 24.4. The molecular weight excluding hydrogens is 370 g/mol. The number of alkyl halides is 2. The first-order valence-electron chi connectivity index (χ1n) is 8.40. The highest BCUT2D eigenvalue weighted by Gasteiger charge is 2.12. The van der Waals surface area contributed by atoms with E-state index in [0.29, 0.717) is 30.0 Å². The molecule has 0 aromatic heterocycles. The van der Waals surface area contributed by atoms with E-state index in [9.17, 15) is 18.4 Å². The molecule has 0 radical (unpaired) electrons. The number of methoxy groups -OCH3 is 1. The molecule has 6 nitrogen and oxygen atoms in total. The summed E-state index contributed by atoms with van der Waals surface area (Å²) in [7, 11) is 1.52. The van der Waals surface area contributed by atoms with Gasteiger partial charge < -0.3 is 20.1 Å². The maximum atomic E-state index is 12.4. The van der Waals surface area contributed by atoms with Crippen LogP contribution in [0, 0.1) is 0 Å². The number of ether oxygens (including phenoxy) is 2. The second-order valence-corrected chi connectivity index (χ2v) is 5.53. The number of anilines is 1. The molecule has 0 aliphatic carbocycles. The van der Waals surface area contributed by atoms with Gasteiger partial charge in [-0.3, -0.25) is 9.59 Å². The molecule has 2 aromatic rings. The van der Waals surface area contributed by atoms with Crippen molar-refractivity contribution in [3.05, 3.63) is 65.7 Å². The van der Waals surface area contributed by atoms with Crippen LogP contribution in [0.2, 0.25) is 0 Å². The first-order valence-corrected chi connectivity index (χ1v) is 8.40. The summed E-state index contributed by atoms with van der Waals surface area (Å²) in [5.74, 6) is -0.920. The summed E-state index contributed by atoms with van der Waals surface area (Å²) in [6.07, 6.45) is 2.53. The van der Waals surface area contributed by atoms with E-state index in [1.54, 1.807) is 42.5 Å². The second kappa shape index (κ2) is 10.8. The number of hydrogen-bond donors (Lipinski definition) is 2. The fraction of sp³-hybridized carbons (Fsp3) is 0.200. The average molecular weight is 390 g/mol. The minimum Gasteiger partial charge on any atom is -0.434 e. The van der Waals surface area contributed by atoms with Crippen LogP contribution < -0.4 is 15.4 Å². The maximum Gasteiger partial charge on any atom is 0.387 e. The van der Waals surface area contributed by atoms with Gasteiger partial charge >= 0.3 is 6.61 Å². The molecule has 28 heavy (non-hydrogen) atoms. The lowest BCUT2D eigenvalue weighted by molar-refractivity contribution is -0.111. The Bertz CT molecular complexity index is 840. The average Bonchev–Trinajstić information content (AvgIpc) is 2.67. The number of carbonyl (C=O) groups is 2. The minimum absolute atomic E-state index is 0.0422. The van der Waals surface area contributed by atoms with Crippen molar-refractivity contribution < 1.29 is 27.8 Å². The lowest BCUT2D eigenvalue weighted by Gasteiger charge is -2.10. The Morgan fingerprint density at radius 3 is 2.57 bits per heavy atom. The SMILES string of the molecule is COCCNC(=O)c1ccccc1NC(=O)/C=C/c1ccccc1OC(F)F. The van der Waals surface area contributed by atoms with Gasteiger partial charge in [0.2, 0.25) is 5.91 Å². The molecule has 0 heterocycles. The van der Waals surface area contributed by atoms with Crippen LogP contribution in [0.5, 0.6) is 5.75 Å². The highest BCUT2D eigenvalue weighted by atomic mass is 19.3. The Balaban J connectivity index is 2.08. The van der Waals surface area contributed by atoms with Gasteiger partial charge in [-0.2, -0.15) is 8.78 Å². The first-order chi connectivity index (χ1) is 13.5. The topological polar surface area (TPSA) is 76.7 Å². The number of halogens is 2. The number of nitrogens with one attached hydrogen (secondary N) is 2. The van der Waals surface area contributed by atoms with Crippen molar-refractivity contribution in [3.63, 3.8) is 0 Å². The van der Waals surface area contributed by atoms with E-state index in [4.69, 9.17) is 4.74 Å². The standard InChI is InChI=1S/C20H20F2N2O4/c1-27-13-12-23-19(26)15-7-3-4-8-16(15)24-18(25)11-10-14-6-2-5-9-17(14)28-20(21)22/h2-11,20H,12-13H2,1H3,(H,23,26)(H,24,25)/b11-10+. The lowest BCUT2D eigenvalue weighted by Crippen LogP contribution is -2.28. The zero-order valence-electron chi connectivity index (χ0n) is 15.2. The zero-order chi connectivity index (χ0) is 20.4. The third-order valence-electron chi connectivity index (χ3n) is 3.57. The lowest BCUT2D eigenvalue weighted by atomic mass is 10.1. The van der Waals surface area contributed by atoms with Crippen LogP contribution in [0.4, 0.5) is 14.5 Å². The number of amides is 2. The van der Waals surface area contributed by atoms with E-state index in [0.717, 1.165) is 0 Å². The quantitative estimate of drug-likeness (QED) is 0.509. The van der Waals surface area contributed by atoms with Gasteiger partial charge in [-0.15, -0.1) is 0 Å². The molecule has 0 spiro atoms. The monoisotopic (exact) mass is 390 g/mol. The molecule has 2 rings (SSSR count). The first kappa shape index (κ1) is 21.0. The number of carbonyl (C=O) groups excluding carboxylic acids is 2. The van der Waals surface area contributed by atoms with E-state index < -0.39 is 12.5 Å². The van der Waals surface area contributed by atoms with Crippen molar-refractivity contribution in [2.24, 2.45) is 0 Å². The van der Waals surface area contributed by atoms with E-state index in [1.165, 1.54) is 25.3 Å². The molecule has 2 aromatic carbocycles. The second-order valence-electron chi connectivity index (χ2n) is 5.53. The van der Waals surface area contributed by atoms with Crippen LogP contribution >= 0.6 is 0 Å². The molecule has 2 N–H and O–H groups in total. The molecule has 0 atom stereocenters. The third-order valence-corrected chi connectivity index (χ3v) is 3.57. The Hall–Kier alpha value is -3.26. The van der Waals surface area contributed by atoms with Crippen LogP contribution in [0.1, 0.15) is 15.9 Å². The number of rotatable bonds is 9. The summed E-state index contributed by atoms with van der Waals surface area (Å²) >= 11 is 0. The fourth-order valence-corrected chi connectivity index (χ4v) is 2.31. The van der Waals surface area contributed by atoms with Crippen molar-refractivity contribution in [3.8, 4) is 5.75 Å². The smallest absolute Gasteiger partial charge is 0.387 e. The molecule has 2 amide bonds. The van der Waals surface area contributed by atoms with Gasteiger partial charge in [0.25, 0.3) is 5.91 Å². The van der Waals surface area contributed by atoms with E-state index in [2.05, 4.69) is 15.4 Å². The van der Waals surface area contributed by atoms with Crippen molar-refractivity contribution in [1.29, 1.82) is 0 Å². The van der Waals surface area contributed by atoms with E-state index in [1.807, 2.05) is 0 Å². The molecule has 0 bridgehead atoms. The van der Waals surface area contributed by atoms with E-state index >= 15 is 0 Å². The largest absolute Gasteiger partial charge is 0.434 e. The van der Waals surface area contributed by atoms with Gasteiger partial charge in [-0.25, -0.2) is 0 Å². The zero-order valence-corrected chi connectivity index (χ0v) is 15.2. The molecule has 0 saturated carbocycles. The van der Waals surface area contributed by atoms with Crippen LogP contribution in [0.3, 0.4) is 0 Å². The Kier molecular flexibility index (Phi) is 8.11. The van der Waals surface area contributed by atoms with Crippen LogP contribution in [-0.2, 0) is 9.53 Å². The van der Waals surface area contributed by atoms with Gasteiger partial charge in [-0.1, -0.05) is 30.3 Å². The highest BCUT2D eigenvalue weighted by Crippen LogP contribution is 2.22. The summed E-state index contributed by atoms with van der Waals surface area (Å²) < 4.78 is 34.2. The van der Waals surface area contributed by atoms with Crippen molar-refractivity contribution >= 4 is 23.6 Å². The third kappa shape index (κ3) is 6.48. The minimum atomic E-state index is -2.97. The van der Waals surface area contributed by atoms with Gasteiger partial charge in [0.15, 0.2) is 0 Å². The fourth-order valence-electron chi connectivity index (χ4n) is 2.31. The van der Waals surface area contributed by atoms with Gasteiger partial charge in [0.05, 0.1) is 17.9 Å². The molecule has 0 aliphatic rings. The van der Waals surface area contributed by atoms with Crippen LogP contribution in [0.25, 0.3) is 6.08 Å². The van der Waals surface area contributed by atoms with Gasteiger partial charge in [0, 0.05) is 25.3 Å². The molecule has 0 unspecified atom stereocenters. The number of hydrogen-bond acceptors (Lipinski definition) is 4. The number of benzene rings is 2. The Labute approximate surface area is 161 Å². The maximum absolute atomic E-state index is 12.4. The van der Waals surface area contributed by atoms with Crippen molar-refractivity contribution in [2.45, 2.75) is 6.61 Å². The molecule has 0 aliphatic heterocycles. The predicted molar refractivity (Wildman–Crippen MR) is 101 cm³/mol. The Morgan fingerprint density at radius 2 is 1.82 bits per heavy atom. The van der Waals surface area contributed by atoms with E-state index in [-0.39, 0.29) is 11.7 Å². The molecular formula is C20H20F2N2O4. The molecule has 0 saturated heterocycles. The summed E-state index contributed by atoms with van der Waals surface area (Å²) in [5.41, 5.74) is 0.939. The number of para-hydroxylation sites is 2. The van der Waals surface area contributed by atoms with Crippen molar-refractivity contribution in [2.75, 3.05) is 25.6 Å². The normalized spacial score (nSPS) is 10.9. The van der Waals surface area contributed by atoms with Gasteiger partial charge in [-0.05, 0) is 24.3 Å². The molecule has 8 heteroatoms. The van der Waals surface area contributed by atoms with Crippen LogP contribution in [0.15, 0.2) is 54.6 Å². The predicted octanol–water partition coefficient (Wildman–Crippen LogP) is 3.32. The molecule has 0 fully saturated rings.